The van der Waals surface area contributed by atoms with Crippen molar-refractivity contribution in [1.29, 1.82) is 0 Å². The normalized spacial score (nSPS) is 19.7. The van der Waals surface area contributed by atoms with E-state index in [2.05, 4.69) is 0 Å². The van der Waals surface area contributed by atoms with E-state index < -0.39 is 0 Å². The van der Waals surface area contributed by atoms with Crippen molar-refractivity contribution in [2.24, 2.45) is 5.92 Å². The average molecular weight is 224 g/mol. The van der Waals surface area contributed by atoms with Crippen molar-refractivity contribution in [2.45, 2.75) is 64.9 Å². The minimum Gasteiger partial charge on any atom is -0.457 e. The second-order valence-corrected chi connectivity index (χ2v) is 5.64. The number of hydrogen-bond donors (Lipinski definition) is 0. The molecule has 0 N–H and O–H groups in total. The SMILES string of the molecule is CC(C)(C)OC(=O)C=CC1CCCCCC1. The van der Waals surface area contributed by atoms with Crippen molar-refractivity contribution >= 4 is 5.97 Å². The lowest BCUT2D eigenvalue weighted by atomic mass is 10.00. The molecule has 1 aliphatic carbocycles. The lowest BCUT2D eigenvalue weighted by Crippen LogP contribution is -2.22. The molecule has 0 bridgehead atoms. The van der Waals surface area contributed by atoms with Gasteiger partial charge in [0.15, 0.2) is 0 Å². The summed E-state index contributed by atoms with van der Waals surface area (Å²) in [7, 11) is 0. The summed E-state index contributed by atoms with van der Waals surface area (Å²) in [5, 5.41) is 0. The quantitative estimate of drug-likeness (QED) is 0.404. The van der Waals surface area contributed by atoms with Crippen LogP contribution in [-0.4, -0.2) is 11.6 Å². The summed E-state index contributed by atoms with van der Waals surface area (Å²) in [6.07, 6.45) is 11.4. The van der Waals surface area contributed by atoms with Crippen LogP contribution in [0.2, 0.25) is 0 Å². The van der Waals surface area contributed by atoms with Crippen molar-refractivity contribution < 1.29 is 9.53 Å². The van der Waals surface area contributed by atoms with Gasteiger partial charge in [0, 0.05) is 6.08 Å². The molecule has 0 aliphatic heterocycles. The zero-order valence-corrected chi connectivity index (χ0v) is 10.8. The summed E-state index contributed by atoms with van der Waals surface area (Å²) in [6.45, 7) is 5.68. The molecule has 0 radical (unpaired) electrons. The highest BCUT2D eigenvalue weighted by atomic mass is 16.6. The van der Waals surface area contributed by atoms with Crippen molar-refractivity contribution in [3.63, 3.8) is 0 Å². The lowest BCUT2D eigenvalue weighted by Gasteiger charge is -2.18. The van der Waals surface area contributed by atoms with Gasteiger partial charge in [0.05, 0.1) is 0 Å². The first kappa shape index (κ1) is 13.3. The van der Waals surface area contributed by atoms with Crippen molar-refractivity contribution in [3.8, 4) is 0 Å². The molecule has 1 rings (SSSR count). The fourth-order valence-corrected chi connectivity index (χ4v) is 2.05. The molecule has 1 fully saturated rings. The molecule has 0 amide bonds. The largest absolute Gasteiger partial charge is 0.457 e. The van der Waals surface area contributed by atoms with E-state index in [-0.39, 0.29) is 11.6 Å². The van der Waals surface area contributed by atoms with Crippen LogP contribution < -0.4 is 0 Å². The maximum absolute atomic E-state index is 11.5. The van der Waals surface area contributed by atoms with E-state index in [1.165, 1.54) is 38.5 Å². The second kappa shape index (κ2) is 6.07. The highest BCUT2D eigenvalue weighted by Gasteiger charge is 2.15. The van der Waals surface area contributed by atoms with Gasteiger partial charge in [0.25, 0.3) is 0 Å². The summed E-state index contributed by atoms with van der Waals surface area (Å²) in [6, 6.07) is 0. The molecule has 0 aromatic carbocycles. The molecular formula is C14H24O2. The van der Waals surface area contributed by atoms with Gasteiger partial charge < -0.3 is 4.74 Å². The average Bonchev–Trinajstić information content (AvgIpc) is 2.39. The molecular weight excluding hydrogens is 200 g/mol. The summed E-state index contributed by atoms with van der Waals surface area (Å²) in [5.74, 6) is 0.367. The highest BCUT2D eigenvalue weighted by Crippen LogP contribution is 2.23. The van der Waals surface area contributed by atoms with Crippen LogP contribution in [0.5, 0.6) is 0 Å². The van der Waals surface area contributed by atoms with Crippen LogP contribution in [0.15, 0.2) is 12.2 Å². The molecule has 0 atom stereocenters. The maximum Gasteiger partial charge on any atom is 0.330 e. The molecule has 2 nitrogen and oxygen atoms in total. The molecule has 1 aliphatic rings. The summed E-state index contributed by atoms with van der Waals surface area (Å²) in [4.78, 5) is 11.5. The predicted octanol–water partition coefficient (Wildman–Crippen LogP) is 3.85. The number of carbonyl (C=O) groups is 1. The van der Waals surface area contributed by atoms with Crippen LogP contribution in [-0.2, 0) is 9.53 Å². The Morgan fingerprint density at radius 3 is 2.19 bits per heavy atom. The predicted molar refractivity (Wildman–Crippen MR) is 66.2 cm³/mol. The second-order valence-electron chi connectivity index (χ2n) is 5.64. The smallest absolute Gasteiger partial charge is 0.330 e. The zero-order valence-electron chi connectivity index (χ0n) is 10.8. The Morgan fingerprint density at radius 2 is 1.69 bits per heavy atom. The number of hydrogen-bond acceptors (Lipinski definition) is 2. The maximum atomic E-state index is 11.5. The molecule has 16 heavy (non-hydrogen) atoms. The standard InChI is InChI=1S/C14H24O2/c1-14(2,3)16-13(15)11-10-12-8-6-4-5-7-9-12/h10-12H,4-9H2,1-3H3. The zero-order chi connectivity index (χ0) is 12.0. The first-order valence-electron chi connectivity index (χ1n) is 6.38. The van der Waals surface area contributed by atoms with Crippen molar-refractivity contribution in [1.82, 2.24) is 0 Å². The van der Waals surface area contributed by atoms with Crippen LogP contribution in [0.3, 0.4) is 0 Å². The first-order chi connectivity index (χ1) is 7.47. The van der Waals surface area contributed by atoms with Gasteiger partial charge in [0.2, 0.25) is 0 Å². The van der Waals surface area contributed by atoms with Crippen molar-refractivity contribution in [3.05, 3.63) is 12.2 Å². The van der Waals surface area contributed by atoms with Gasteiger partial charge >= 0.3 is 5.97 Å². The fraction of sp³-hybridized carbons (Fsp3) is 0.786. The first-order valence-corrected chi connectivity index (χ1v) is 6.38. The van der Waals surface area contributed by atoms with Gasteiger partial charge in [-0.15, -0.1) is 0 Å². The Hall–Kier alpha value is -0.790. The Balaban J connectivity index is 2.36. The molecule has 0 unspecified atom stereocenters. The third kappa shape index (κ3) is 5.94. The van der Waals surface area contributed by atoms with Gasteiger partial charge in [0.1, 0.15) is 5.60 Å². The molecule has 0 heterocycles. The van der Waals surface area contributed by atoms with Gasteiger partial charge in [-0.25, -0.2) is 4.79 Å². The molecule has 92 valence electrons. The minimum atomic E-state index is -0.384. The Bertz CT molecular complexity index is 240. The van der Waals surface area contributed by atoms with Gasteiger partial charge in [-0.3, -0.25) is 0 Å². The molecule has 0 saturated heterocycles. The van der Waals surface area contributed by atoms with E-state index >= 15 is 0 Å². The third-order valence-electron chi connectivity index (χ3n) is 2.81. The van der Waals surface area contributed by atoms with Crippen LogP contribution in [0, 0.1) is 5.92 Å². The van der Waals surface area contributed by atoms with Gasteiger partial charge in [-0.1, -0.05) is 31.8 Å². The number of allylic oxidation sites excluding steroid dienone is 1. The monoisotopic (exact) mass is 224 g/mol. The summed E-state index contributed by atoms with van der Waals surface area (Å²) >= 11 is 0. The summed E-state index contributed by atoms with van der Waals surface area (Å²) < 4.78 is 5.23. The topological polar surface area (TPSA) is 26.3 Å². The number of ether oxygens (including phenoxy) is 1. The van der Waals surface area contributed by atoms with E-state index in [4.69, 9.17) is 4.74 Å². The van der Waals surface area contributed by atoms with E-state index in [1.807, 2.05) is 26.8 Å². The van der Waals surface area contributed by atoms with Crippen LogP contribution >= 0.6 is 0 Å². The number of carbonyl (C=O) groups excluding carboxylic acids is 1. The fourth-order valence-electron chi connectivity index (χ4n) is 2.05. The molecule has 2 heteroatoms. The Kier molecular flexibility index (Phi) is 5.04. The van der Waals surface area contributed by atoms with Crippen molar-refractivity contribution in [2.75, 3.05) is 0 Å². The third-order valence-corrected chi connectivity index (χ3v) is 2.81. The van der Waals surface area contributed by atoms with Gasteiger partial charge in [-0.2, -0.15) is 0 Å². The van der Waals surface area contributed by atoms with Crippen LogP contribution in [0.25, 0.3) is 0 Å². The van der Waals surface area contributed by atoms with Crippen LogP contribution in [0.4, 0.5) is 0 Å². The van der Waals surface area contributed by atoms with E-state index in [9.17, 15) is 4.79 Å². The minimum absolute atomic E-state index is 0.211. The Morgan fingerprint density at radius 1 is 1.12 bits per heavy atom. The van der Waals surface area contributed by atoms with E-state index in [1.54, 1.807) is 6.08 Å². The summed E-state index contributed by atoms with van der Waals surface area (Å²) in [5.41, 5.74) is -0.384. The van der Waals surface area contributed by atoms with E-state index in [0.29, 0.717) is 5.92 Å². The highest BCUT2D eigenvalue weighted by molar-refractivity contribution is 5.82. The lowest BCUT2D eigenvalue weighted by molar-refractivity contribution is -0.148. The molecule has 0 aromatic heterocycles. The molecule has 1 saturated carbocycles. The molecule has 0 spiro atoms. The van der Waals surface area contributed by atoms with Crippen LogP contribution in [0.1, 0.15) is 59.3 Å². The number of esters is 1. The van der Waals surface area contributed by atoms with Gasteiger partial charge in [-0.05, 0) is 39.5 Å². The molecule has 0 aromatic rings. The van der Waals surface area contributed by atoms with E-state index in [0.717, 1.165) is 0 Å². The Labute approximate surface area is 99.1 Å². The number of rotatable bonds is 2.